The molecule has 2 aromatic carbocycles. The van der Waals surface area contributed by atoms with Crippen LogP contribution < -0.4 is 9.47 Å². The molecule has 6 nitrogen and oxygen atoms in total. The number of aromatic nitrogens is 1. The summed E-state index contributed by atoms with van der Waals surface area (Å²) in [6, 6.07) is 13.0. The van der Waals surface area contributed by atoms with Crippen molar-refractivity contribution in [3.8, 4) is 11.5 Å². The molecule has 0 aliphatic heterocycles. The van der Waals surface area contributed by atoms with Crippen LogP contribution in [0.15, 0.2) is 42.5 Å². The Labute approximate surface area is 174 Å². The third-order valence-electron chi connectivity index (χ3n) is 4.50. The van der Waals surface area contributed by atoms with E-state index in [1.165, 1.54) is 14.0 Å². The maximum absolute atomic E-state index is 12.4. The van der Waals surface area contributed by atoms with Gasteiger partial charge in [-0.15, -0.1) is 11.3 Å². The normalized spacial score (nSPS) is 10.7. The Morgan fingerprint density at radius 3 is 2.66 bits per heavy atom. The lowest BCUT2D eigenvalue weighted by atomic mass is 10.1. The van der Waals surface area contributed by atoms with Crippen LogP contribution in [0.5, 0.6) is 11.5 Å². The minimum atomic E-state index is -0.0309. The molecule has 0 N–H and O–H groups in total. The molecular formula is C22H24N2O4S. The lowest BCUT2D eigenvalue weighted by molar-refractivity contribution is -0.130. The van der Waals surface area contributed by atoms with E-state index in [1.807, 2.05) is 24.3 Å². The summed E-state index contributed by atoms with van der Waals surface area (Å²) < 4.78 is 12.1. The van der Waals surface area contributed by atoms with Crippen LogP contribution >= 0.6 is 11.3 Å². The fourth-order valence-electron chi connectivity index (χ4n) is 2.88. The lowest BCUT2D eigenvalue weighted by Crippen LogP contribution is -2.26. The van der Waals surface area contributed by atoms with Crippen molar-refractivity contribution in [2.75, 3.05) is 20.8 Å². The fraction of sp³-hybridized carbons (Fsp3) is 0.318. The SMILES string of the molecule is COc1cc(C(C)=O)ccc1OCCCC(=O)N(C)Cc1nc2ccccc2s1. The van der Waals surface area contributed by atoms with Gasteiger partial charge in [0.05, 0.1) is 30.5 Å². The quantitative estimate of drug-likeness (QED) is 0.387. The molecular weight excluding hydrogens is 388 g/mol. The molecule has 29 heavy (non-hydrogen) atoms. The van der Waals surface area contributed by atoms with Crippen molar-refractivity contribution >= 4 is 33.2 Å². The minimum Gasteiger partial charge on any atom is -0.493 e. The first kappa shape index (κ1) is 20.8. The van der Waals surface area contributed by atoms with Gasteiger partial charge in [0.25, 0.3) is 0 Å². The number of Topliss-reactive ketones (excluding diaryl/α,β-unsaturated/α-hetero) is 1. The van der Waals surface area contributed by atoms with Crippen LogP contribution in [-0.2, 0) is 11.3 Å². The molecule has 0 saturated heterocycles. The minimum absolute atomic E-state index is 0.0309. The number of hydrogen-bond acceptors (Lipinski definition) is 6. The largest absolute Gasteiger partial charge is 0.493 e. The van der Waals surface area contributed by atoms with Gasteiger partial charge in [-0.3, -0.25) is 9.59 Å². The number of carbonyl (C=O) groups excluding carboxylic acids is 2. The summed E-state index contributed by atoms with van der Waals surface area (Å²) in [7, 11) is 3.32. The van der Waals surface area contributed by atoms with E-state index in [0.717, 1.165) is 15.2 Å². The van der Waals surface area contributed by atoms with E-state index >= 15 is 0 Å². The second-order valence-electron chi connectivity index (χ2n) is 6.70. The summed E-state index contributed by atoms with van der Waals surface area (Å²) >= 11 is 1.61. The summed E-state index contributed by atoms with van der Waals surface area (Å²) in [6.07, 6.45) is 0.968. The number of benzene rings is 2. The molecule has 0 atom stereocenters. The first-order chi connectivity index (χ1) is 14.0. The molecule has 0 unspecified atom stereocenters. The van der Waals surface area contributed by atoms with Gasteiger partial charge in [0.15, 0.2) is 17.3 Å². The molecule has 1 amide bonds. The Hall–Kier alpha value is -2.93. The van der Waals surface area contributed by atoms with E-state index in [9.17, 15) is 9.59 Å². The van der Waals surface area contributed by atoms with Crippen LogP contribution in [-0.4, -0.2) is 42.3 Å². The van der Waals surface area contributed by atoms with Crippen molar-refractivity contribution in [1.29, 1.82) is 0 Å². The smallest absolute Gasteiger partial charge is 0.222 e. The first-order valence-electron chi connectivity index (χ1n) is 9.38. The Kier molecular flexibility index (Phi) is 6.82. The molecule has 7 heteroatoms. The zero-order chi connectivity index (χ0) is 20.8. The summed E-state index contributed by atoms with van der Waals surface area (Å²) in [5.41, 5.74) is 1.53. The van der Waals surface area contributed by atoms with Gasteiger partial charge >= 0.3 is 0 Å². The molecule has 0 aliphatic rings. The second kappa shape index (κ2) is 9.52. The number of nitrogens with zero attached hydrogens (tertiary/aromatic N) is 2. The van der Waals surface area contributed by atoms with Crippen LogP contribution in [0, 0.1) is 0 Å². The molecule has 0 radical (unpaired) electrons. The molecule has 0 aliphatic carbocycles. The fourth-order valence-corrected chi connectivity index (χ4v) is 3.90. The van der Waals surface area contributed by atoms with Gasteiger partial charge in [-0.25, -0.2) is 4.98 Å². The number of thiazole rings is 1. The number of para-hydroxylation sites is 1. The van der Waals surface area contributed by atoms with Crippen LogP contribution in [0.1, 0.15) is 35.1 Å². The monoisotopic (exact) mass is 412 g/mol. The zero-order valence-corrected chi connectivity index (χ0v) is 17.6. The van der Waals surface area contributed by atoms with Gasteiger partial charge in [0.1, 0.15) is 5.01 Å². The van der Waals surface area contributed by atoms with E-state index in [4.69, 9.17) is 9.47 Å². The van der Waals surface area contributed by atoms with Crippen molar-refractivity contribution in [1.82, 2.24) is 9.88 Å². The average molecular weight is 413 g/mol. The molecule has 1 heterocycles. The molecule has 0 bridgehead atoms. The van der Waals surface area contributed by atoms with Crippen molar-refractivity contribution in [3.63, 3.8) is 0 Å². The predicted octanol–water partition coefficient (Wildman–Crippen LogP) is 4.33. The number of rotatable bonds is 9. The number of methoxy groups -OCH3 is 1. The lowest BCUT2D eigenvalue weighted by Gasteiger charge is -2.16. The van der Waals surface area contributed by atoms with Crippen LogP contribution in [0.2, 0.25) is 0 Å². The number of fused-ring (bicyclic) bond motifs is 1. The van der Waals surface area contributed by atoms with E-state index in [2.05, 4.69) is 4.98 Å². The molecule has 1 aromatic heterocycles. The molecule has 0 fully saturated rings. The molecule has 3 aromatic rings. The first-order valence-corrected chi connectivity index (χ1v) is 10.2. The van der Waals surface area contributed by atoms with Crippen molar-refractivity contribution in [2.24, 2.45) is 0 Å². The Bertz CT molecular complexity index is 982. The zero-order valence-electron chi connectivity index (χ0n) is 16.8. The Morgan fingerprint density at radius 2 is 1.93 bits per heavy atom. The number of carbonyl (C=O) groups is 2. The van der Waals surface area contributed by atoms with Crippen molar-refractivity contribution < 1.29 is 19.1 Å². The number of amides is 1. The maximum Gasteiger partial charge on any atom is 0.222 e. The average Bonchev–Trinajstić information content (AvgIpc) is 3.13. The summed E-state index contributed by atoms with van der Waals surface area (Å²) in [5, 5.41) is 0.925. The molecule has 0 saturated carbocycles. The van der Waals surface area contributed by atoms with Crippen LogP contribution in [0.4, 0.5) is 0 Å². The number of ether oxygens (including phenoxy) is 2. The topological polar surface area (TPSA) is 68.7 Å². The third-order valence-corrected chi connectivity index (χ3v) is 5.52. The Morgan fingerprint density at radius 1 is 1.14 bits per heavy atom. The molecule has 0 spiro atoms. The predicted molar refractivity (Wildman–Crippen MR) is 114 cm³/mol. The molecule has 3 rings (SSSR count). The standard InChI is InChI=1S/C22H24N2O4S/c1-15(25)16-10-11-18(19(13-16)27-3)28-12-6-9-22(26)24(2)14-21-23-17-7-4-5-8-20(17)29-21/h4-5,7-8,10-11,13H,6,9,12,14H2,1-3H3. The molecule has 152 valence electrons. The van der Waals surface area contributed by atoms with Crippen molar-refractivity contribution in [2.45, 2.75) is 26.3 Å². The van der Waals surface area contributed by atoms with E-state index in [1.54, 1.807) is 41.5 Å². The van der Waals surface area contributed by atoms with E-state index < -0.39 is 0 Å². The maximum atomic E-state index is 12.4. The van der Waals surface area contributed by atoms with Gasteiger partial charge in [0, 0.05) is 19.0 Å². The highest BCUT2D eigenvalue weighted by molar-refractivity contribution is 7.18. The summed E-state index contributed by atoms with van der Waals surface area (Å²) in [5.74, 6) is 1.09. The highest BCUT2D eigenvalue weighted by Gasteiger charge is 2.13. The van der Waals surface area contributed by atoms with E-state index in [0.29, 0.717) is 43.1 Å². The third kappa shape index (κ3) is 5.32. The van der Waals surface area contributed by atoms with Gasteiger partial charge in [-0.05, 0) is 43.7 Å². The number of hydrogen-bond donors (Lipinski definition) is 0. The van der Waals surface area contributed by atoms with E-state index in [-0.39, 0.29) is 11.7 Å². The number of ketones is 1. The summed E-state index contributed by atoms with van der Waals surface area (Å²) in [6.45, 7) is 2.39. The van der Waals surface area contributed by atoms with Crippen LogP contribution in [0.25, 0.3) is 10.2 Å². The van der Waals surface area contributed by atoms with Gasteiger partial charge in [-0.1, -0.05) is 12.1 Å². The summed E-state index contributed by atoms with van der Waals surface area (Å²) in [4.78, 5) is 30.1. The van der Waals surface area contributed by atoms with Gasteiger partial charge < -0.3 is 14.4 Å². The Balaban J connectivity index is 1.47. The van der Waals surface area contributed by atoms with Crippen molar-refractivity contribution in [3.05, 3.63) is 53.0 Å². The van der Waals surface area contributed by atoms with Crippen LogP contribution in [0.3, 0.4) is 0 Å². The highest BCUT2D eigenvalue weighted by atomic mass is 32.1. The van der Waals surface area contributed by atoms with Gasteiger partial charge in [-0.2, -0.15) is 0 Å². The van der Waals surface area contributed by atoms with Gasteiger partial charge in [0.2, 0.25) is 5.91 Å². The second-order valence-corrected chi connectivity index (χ2v) is 7.81. The highest BCUT2D eigenvalue weighted by Crippen LogP contribution is 2.28.